The van der Waals surface area contributed by atoms with E-state index in [9.17, 15) is 0 Å². The van der Waals surface area contributed by atoms with Crippen LogP contribution >= 0.6 is 92.4 Å². The van der Waals surface area contributed by atoms with Gasteiger partial charge in [0.05, 0.1) is 72.2 Å². The zero-order chi connectivity index (χ0) is 103. The maximum atomic E-state index is 6.21. The molecule has 4 fully saturated rings. The van der Waals surface area contributed by atoms with E-state index in [-0.39, 0.29) is 21.0 Å². The highest BCUT2D eigenvalue weighted by atomic mass is 32.2. The first-order valence-corrected chi connectivity index (χ1v) is 57.3. The monoisotopic (exact) mass is 2130 g/mol. The van der Waals surface area contributed by atoms with Gasteiger partial charge in [0.25, 0.3) is 0 Å². The lowest BCUT2D eigenvalue weighted by Crippen LogP contribution is -2.45. The molecule has 145 heavy (non-hydrogen) atoms. The normalized spacial score (nSPS) is 15.2. The number of nitrogens with zero attached hydrogens (tertiary/aromatic N) is 17. The highest BCUT2D eigenvalue weighted by Crippen LogP contribution is 2.48. The molecular formula is C105H146N24O8S8. The summed E-state index contributed by atoms with van der Waals surface area (Å²) in [6, 6.07) is 30.8. The zero-order valence-electron chi connectivity index (χ0n) is 86.5. The van der Waals surface area contributed by atoms with Crippen LogP contribution in [-0.4, -0.2) is 238 Å². The molecule has 0 saturated carbocycles. The van der Waals surface area contributed by atoms with Crippen molar-refractivity contribution in [2.24, 2.45) is 0 Å². The molecule has 12 heterocycles. The molecule has 40 heteroatoms. The highest BCUT2D eigenvalue weighted by molar-refractivity contribution is 8.00. The Balaban J connectivity index is 0.000000162. The number of thioether (sulfide) groups is 4. The molecule has 12 aromatic rings. The number of methoxy groups -OCH3 is 4. The summed E-state index contributed by atoms with van der Waals surface area (Å²) in [5.41, 5.74) is 50.4. The summed E-state index contributed by atoms with van der Waals surface area (Å²) in [5.74, 6) is 8.71. The van der Waals surface area contributed by atoms with Crippen LogP contribution in [0.2, 0.25) is 0 Å². The van der Waals surface area contributed by atoms with Crippen LogP contribution in [-0.2, 0) is 25.7 Å². The lowest BCUT2D eigenvalue weighted by molar-refractivity contribution is 0.133. The summed E-state index contributed by atoms with van der Waals surface area (Å²) in [7, 11) is 8.88. The number of likely N-dealkylation sites (tertiary alicyclic amines) is 3. The number of anilines is 7. The van der Waals surface area contributed by atoms with E-state index in [0.717, 1.165) is 247 Å². The summed E-state index contributed by atoms with van der Waals surface area (Å²) in [4.78, 5) is 72.5. The van der Waals surface area contributed by atoms with E-state index < -0.39 is 0 Å². The number of piperazine rings is 1. The number of benzene rings is 4. The molecule has 4 aromatic carbocycles. The van der Waals surface area contributed by atoms with Gasteiger partial charge in [0.1, 0.15) is 87.2 Å². The van der Waals surface area contributed by atoms with Crippen molar-refractivity contribution in [3.8, 4) is 88.3 Å². The van der Waals surface area contributed by atoms with Crippen molar-refractivity contribution >= 4 is 133 Å². The van der Waals surface area contributed by atoms with E-state index in [1.807, 2.05) is 67.6 Å². The number of hydrogen-bond donors (Lipinski definition) is 7. The quantitative estimate of drug-likeness (QED) is 0.0138. The van der Waals surface area contributed by atoms with Crippen LogP contribution in [0.1, 0.15) is 208 Å². The standard InChI is InChI=1S/C27H37N5O2S2.C26H37N7O2S2.2C26H36N6O2S2/c1-5-9-23-25(19(3)35-27-29-18(2)16-24(28)30-27)31-26(36-23)20-10-11-21(33-4)22(17-20)34-15-14-32-12-7-6-8-13-32;1-5-6-21-24(17(2)36-26-29-22(27)16-23(28)30-26)31-25(37-21)18-7-8-19(34-4)20(15-18)35-14-13-33-11-9-32(3)10-12-33;2*1-4-8-21-24(17(2)35-26-29-22(27)16-23(28)30-26)31-25(36-21)18-9-10-19(33-3)20(15-18)34-14-13-32-11-6-5-7-12-32/h10-11,16-17,19H,5-9,12-15H2,1-4H3,(H2,28,29,30);7-8,15-17H,5-6,9-14H2,1-4H3,(H4,27,28,29,30);2*9-10,15-17H,4-8,11-14H2,1-3H3,(H4,27,28,29,30)/t19-;3*17-/m0000/s1. The van der Waals surface area contributed by atoms with Gasteiger partial charge < -0.3 is 82.9 Å². The van der Waals surface area contributed by atoms with Gasteiger partial charge in [0, 0.05) is 124 Å². The maximum Gasteiger partial charge on any atom is 0.192 e. The summed E-state index contributed by atoms with van der Waals surface area (Å²) >= 11 is 13.1. The Bertz CT molecular complexity index is 5560. The number of likely N-dealkylation sites (N-methyl/N-ethyl adjacent to an activating group) is 1. The van der Waals surface area contributed by atoms with Crippen molar-refractivity contribution in [1.29, 1.82) is 0 Å². The third-order valence-electron chi connectivity index (χ3n) is 24.8. The van der Waals surface area contributed by atoms with Gasteiger partial charge in [-0.15, -0.1) is 45.3 Å². The highest BCUT2D eigenvalue weighted by Gasteiger charge is 2.29. The Morgan fingerprint density at radius 1 is 0.290 bits per heavy atom. The molecule has 14 N–H and O–H groups in total. The van der Waals surface area contributed by atoms with Crippen LogP contribution < -0.4 is 78.0 Å². The molecule has 4 aliphatic rings. The third kappa shape index (κ3) is 33.5. The molecular weight excluding hydrogens is 1980 g/mol. The summed E-state index contributed by atoms with van der Waals surface area (Å²) < 4.78 is 47.1. The Kier molecular flexibility index (Phi) is 44.0. The SMILES string of the molecule is CCCc1sc(-c2ccc(OC)c(OCCN3CCCCC3)c2)nc1[C@H](C)Sc1nc(C)cc(N)n1.CCCc1sc(-c2ccc(OC)c(OCCN3CCCCC3)c2)nc1[C@H](C)Sc1nc(N)cc(N)n1.CCCc1sc(-c2ccc(OC)c(OCCN3CCCCC3)c2)nc1[C@H](C)Sc1nc(N)cc(N)n1.CCCc1sc(-c2ccc(OC)c(OCCN3CCN(C)CC3)c2)nc1[C@H](C)Sc1nc(N)cc(N)n1. The summed E-state index contributed by atoms with van der Waals surface area (Å²) in [5, 5.41) is 6.52. The fourth-order valence-electron chi connectivity index (χ4n) is 17.3. The first kappa shape index (κ1) is 112. The van der Waals surface area contributed by atoms with Crippen LogP contribution in [0.4, 0.5) is 40.7 Å². The fraction of sp³-hybridized carbons (Fsp3) is 0.505. The van der Waals surface area contributed by atoms with E-state index in [2.05, 4.69) is 139 Å². The Hall–Kier alpha value is -10.1. The van der Waals surface area contributed by atoms with Gasteiger partial charge in [-0.25, -0.2) is 59.8 Å². The number of hydrogen-bond acceptors (Lipinski definition) is 40. The summed E-state index contributed by atoms with van der Waals surface area (Å²) in [6.07, 6.45) is 19.8. The Morgan fingerprint density at radius 2 is 0.517 bits per heavy atom. The van der Waals surface area contributed by atoms with E-state index in [1.165, 1.54) is 126 Å². The second-order valence-corrected chi connectivity index (χ2v) is 45.8. The van der Waals surface area contributed by atoms with Crippen molar-refractivity contribution in [1.82, 2.24) is 84.3 Å². The van der Waals surface area contributed by atoms with Crippen molar-refractivity contribution in [3.05, 3.63) is 145 Å². The molecule has 0 bridgehead atoms. The molecule has 0 radical (unpaired) electrons. The van der Waals surface area contributed by atoms with Crippen LogP contribution in [0.15, 0.2) is 118 Å². The number of piperidine rings is 3. The molecule has 0 aliphatic carbocycles. The minimum absolute atomic E-state index is 0.0466. The molecule has 4 saturated heterocycles. The smallest absolute Gasteiger partial charge is 0.192 e. The molecule has 782 valence electrons. The third-order valence-corrected chi connectivity index (χ3v) is 33.4. The fourth-order valence-corrected chi connectivity index (χ4v) is 26.4. The molecule has 8 aromatic heterocycles. The lowest BCUT2D eigenvalue weighted by atomic mass is 10.1. The van der Waals surface area contributed by atoms with Gasteiger partial charge in [-0.3, -0.25) is 19.6 Å². The number of thiazole rings is 4. The first-order chi connectivity index (χ1) is 70.2. The number of nitrogens with two attached hydrogens (primary N) is 7. The van der Waals surface area contributed by atoms with Crippen LogP contribution in [0.25, 0.3) is 42.3 Å². The van der Waals surface area contributed by atoms with Gasteiger partial charge in [-0.2, -0.15) is 0 Å². The molecule has 16 rings (SSSR count). The van der Waals surface area contributed by atoms with Crippen molar-refractivity contribution in [3.63, 3.8) is 0 Å². The number of nitrogen functional groups attached to an aromatic ring is 7. The predicted molar refractivity (Wildman–Crippen MR) is 600 cm³/mol. The predicted octanol–water partition coefficient (Wildman–Crippen LogP) is 21.3. The second kappa shape index (κ2) is 56.9. The van der Waals surface area contributed by atoms with Crippen molar-refractivity contribution < 1.29 is 37.9 Å². The molecule has 0 amide bonds. The molecule has 32 nitrogen and oxygen atoms in total. The van der Waals surface area contributed by atoms with Crippen LogP contribution in [0, 0.1) is 6.92 Å². The molecule has 0 unspecified atom stereocenters. The largest absolute Gasteiger partial charge is 0.493 e. The van der Waals surface area contributed by atoms with E-state index in [0.29, 0.717) is 87.8 Å². The maximum absolute atomic E-state index is 6.21. The number of ether oxygens (including phenoxy) is 8. The Morgan fingerprint density at radius 3 is 0.745 bits per heavy atom. The van der Waals surface area contributed by atoms with E-state index in [4.69, 9.17) is 98.0 Å². The van der Waals surface area contributed by atoms with Gasteiger partial charge in [0.2, 0.25) is 0 Å². The van der Waals surface area contributed by atoms with Crippen molar-refractivity contribution in [2.45, 2.75) is 213 Å². The number of aryl methyl sites for hydroxylation is 5. The zero-order valence-corrected chi connectivity index (χ0v) is 93.0. The van der Waals surface area contributed by atoms with Gasteiger partial charge in [-0.05, 0) is 218 Å². The number of aromatic nitrogens is 12. The van der Waals surface area contributed by atoms with Gasteiger partial charge in [0.15, 0.2) is 66.6 Å². The minimum Gasteiger partial charge on any atom is -0.493 e. The first-order valence-electron chi connectivity index (χ1n) is 50.5. The average molecular weight is 2130 g/mol. The second-order valence-electron chi connectivity index (χ2n) is 36.3. The van der Waals surface area contributed by atoms with Crippen LogP contribution in [0.3, 0.4) is 0 Å². The lowest BCUT2D eigenvalue weighted by Gasteiger charge is -2.32. The minimum atomic E-state index is 0.0466. The van der Waals surface area contributed by atoms with E-state index >= 15 is 0 Å². The Labute approximate surface area is 888 Å². The molecule has 4 atom stereocenters. The molecule has 0 spiro atoms. The van der Waals surface area contributed by atoms with E-state index in [1.54, 1.807) is 110 Å². The topological polar surface area (TPSA) is 427 Å². The van der Waals surface area contributed by atoms with Crippen molar-refractivity contribution in [2.75, 3.05) is 194 Å². The van der Waals surface area contributed by atoms with Gasteiger partial charge >= 0.3 is 0 Å². The number of rotatable bonds is 44. The van der Waals surface area contributed by atoms with Crippen LogP contribution in [0.5, 0.6) is 46.0 Å². The molecule has 4 aliphatic heterocycles. The average Bonchev–Trinajstić information content (AvgIpc) is 1.67. The summed E-state index contributed by atoms with van der Waals surface area (Å²) in [6.45, 7) is 36.8. The van der Waals surface area contributed by atoms with Gasteiger partial charge in [-0.1, -0.05) is 120 Å².